The van der Waals surface area contributed by atoms with E-state index in [1.807, 2.05) is 77.9 Å². The first-order valence-electron chi connectivity index (χ1n) is 19.4. The van der Waals surface area contributed by atoms with Crippen LogP contribution in [-0.4, -0.2) is 119 Å². The summed E-state index contributed by atoms with van der Waals surface area (Å²) < 4.78 is 30.9. The normalized spacial score (nSPS) is 38.3. The van der Waals surface area contributed by atoms with E-state index in [9.17, 15) is 24.9 Å². The first kappa shape index (κ1) is 43.8. The van der Waals surface area contributed by atoms with E-state index in [4.69, 9.17) is 23.7 Å². The van der Waals surface area contributed by atoms with E-state index in [1.54, 1.807) is 40.1 Å². The quantitative estimate of drug-likeness (QED) is 0.224. The van der Waals surface area contributed by atoms with Crippen molar-refractivity contribution in [2.45, 2.75) is 135 Å². The van der Waals surface area contributed by atoms with Gasteiger partial charge in [0.15, 0.2) is 6.29 Å². The van der Waals surface area contributed by atoms with Crippen LogP contribution in [0.4, 0.5) is 0 Å². The number of aromatic nitrogens is 1. The number of hydrogen-bond donors (Lipinski definition) is 3. The maximum atomic E-state index is 13.8. The standard InChI is InChI=1S/C42H64N2O10/c1-12-34-42(8,49)31(18-20-51-39(48)30-17-19-43-32-16-14-13-15-29(30)32)25(3)21-24(2)23-41(7,50-11)37(27(5)35(45)28(6)38(47)53-34)54-40-36(46)33(44(9)10)22-26(4)52-40/h13-17,19,21,24,26-28,31,33-37,40,45-46,49H,12,18,20,22-23H2,1-11H3/b25-21-/t24-,26+,27+,28+,31-,33-,34+,35+,36+,37+,40-,41+,42-/m0/s1. The zero-order valence-electron chi connectivity index (χ0n) is 34.0. The molecule has 54 heavy (non-hydrogen) atoms. The van der Waals surface area contributed by atoms with E-state index in [0.717, 1.165) is 5.57 Å². The van der Waals surface area contributed by atoms with Gasteiger partial charge in [-0.25, -0.2) is 4.79 Å². The monoisotopic (exact) mass is 756 g/mol. The molecule has 0 spiro atoms. The molecule has 302 valence electrons. The molecular weight excluding hydrogens is 692 g/mol. The van der Waals surface area contributed by atoms with Crippen molar-refractivity contribution >= 4 is 22.8 Å². The molecule has 3 heterocycles. The first-order valence-corrected chi connectivity index (χ1v) is 19.4. The van der Waals surface area contributed by atoms with Crippen LogP contribution >= 0.6 is 0 Å². The van der Waals surface area contributed by atoms with Crippen molar-refractivity contribution in [1.29, 1.82) is 0 Å². The Hall–Kier alpha value is -2.97. The highest BCUT2D eigenvalue weighted by Gasteiger charge is 2.50. The van der Waals surface area contributed by atoms with Gasteiger partial charge >= 0.3 is 11.9 Å². The summed E-state index contributed by atoms with van der Waals surface area (Å²) in [5.74, 6) is -3.57. The van der Waals surface area contributed by atoms with Crippen LogP contribution in [-0.2, 0) is 28.5 Å². The summed E-state index contributed by atoms with van der Waals surface area (Å²) in [5, 5.41) is 36.2. The van der Waals surface area contributed by atoms with Crippen molar-refractivity contribution in [2.24, 2.45) is 23.7 Å². The Kier molecular flexibility index (Phi) is 14.8. The molecule has 0 bridgehead atoms. The van der Waals surface area contributed by atoms with Gasteiger partial charge in [-0.3, -0.25) is 9.78 Å². The summed E-state index contributed by atoms with van der Waals surface area (Å²) in [5.41, 5.74) is -0.690. The molecule has 0 unspecified atom stereocenters. The van der Waals surface area contributed by atoms with Gasteiger partial charge in [0.2, 0.25) is 0 Å². The molecule has 1 aromatic heterocycles. The predicted octanol–water partition coefficient (Wildman–Crippen LogP) is 5.31. The van der Waals surface area contributed by atoms with Crippen molar-refractivity contribution in [3.8, 4) is 0 Å². The molecule has 2 aliphatic rings. The topological polar surface area (TPSA) is 157 Å². The number of cyclic esters (lactones) is 1. The number of nitrogens with zero attached hydrogens (tertiary/aromatic N) is 2. The Balaban J connectivity index is 1.69. The fraction of sp³-hybridized carbons (Fsp3) is 0.690. The van der Waals surface area contributed by atoms with Crippen LogP contribution in [0, 0.1) is 23.7 Å². The minimum Gasteiger partial charge on any atom is -0.462 e. The molecular formula is C42H64N2O10. The Bertz CT molecular complexity index is 1590. The number of fused-ring (bicyclic) bond motifs is 1. The molecule has 12 nitrogen and oxygen atoms in total. The Labute approximate surface area is 321 Å². The summed E-state index contributed by atoms with van der Waals surface area (Å²) in [7, 11) is 5.39. The number of para-hydroxylation sites is 1. The van der Waals surface area contributed by atoms with Gasteiger partial charge in [-0.05, 0) is 92.4 Å². The minimum absolute atomic E-state index is 0.00530. The molecule has 13 atom stereocenters. The van der Waals surface area contributed by atoms with Gasteiger partial charge < -0.3 is 43.9 Å². The van der Waals surface area contributed by atoms with Gasteiger partial charge in [-0.15, -0.1) is 0 Å². The maximum absolute atomic E-state index is 13.8. The second-order valence-electron chi connectivity index (χ2n) is 16.3. The highest BCUT2D eigenvalue weighted by Crippen LogP contribution is 2.40. The van der Waals surface area contributed by atoms with E-state index in [0.29, 0.717) is 35.7 Å². The zero-order chi connectivity index (χ0) is 40.1. The third-order valence-electron chi connectivity index (χ3n) is 11.8. The third-order valence-corrected chi connectivity index (χ3v) is 11.8. The van der Waals surface area contributed by atoms with Crippen LogP contribution in [0.1, 0.15) is 91.4 Å². The van der Waals surface area contributed by atoms with Crippen LogP contribution < -0.4 is 0 Å². The van der Waals surface area contributed by atoms with Gasteiger partial charge in [0.1, 0.15) is 17.8 Å². The summed E-state index contributed by atoms with van der Waals surface area (Å²) >= 11 is 0. The number of carbonyl (C=O) groups is 2. The molecule has 0 saturated carbocycles. The molecule has 12 heteroatoms. The molecule has 2 aliphatic heterocycles. The fourth-order valence-corrected chi connectivity index (χ4v) is 8.67. The summed E-state index contributed by atoms with van der Waals surface area (Å²) in [6.07, 6.45) is 0.0281. The highest BCUT2D eigenvalue weighted by atomic mass is 16.7. The number of methoxy groups -OCH3 is 1. The predicted molar refractivity (Wildman–Crippen MR) is 206 cm³/mol. The van der Waals surface area contributed by atoms with Crippen molar-refractivity contribution in [1.82, 2.24) is 9.88 Å². The smallest absolute Gasteiger partial charge is 0.338 e. The van der Waals surface area contributed by atoms with Crippen molar-refractivity contribution in [3.63, 3.8) is 0 Å². The van der Waals surface area contributed by atoms with Gasteiger partial charge in [-0.2, -0.15) is 0 Å². The Morgan fingerprint density at radius 2 is 1.76 bits per heavy atom. The number of allylic oxidation sites excluding steroid dienone is 1. The number of hydrogen-bond acceptors (Lipinski definition) is 12. The summed E-state index contributed by atoms with van der Waals surface area (Å²) in [6.45, 7) is 14.7. The van der Waals surface area contributed by atoms with Gasteiger partial charge in [-0.1, -0.05) is 50.6 Å². The first-order chi connectivity index (χ1) is 25.4. The SMILES string of the molecule is CC[C@H]1OC(=O)[C@H](C)[C@H](O)[C@@H](C)[C@@H](O[C@@H]2O[C@H](C)C[C@H](N(C)C)[C@H]2O)[C@](C)(OC)C[C@@H](C)/C=C(/C)[C@H](CCOC(=O)c2ccnc3ccccc23)[C@]1(C)O. The number of aliphatic hydroxyl groups excluding tert-OH is 2. The number of pyridine rings is 1. The van der Waals surface area contributed by atoms with Crippen LogP contribution in [0.25, 0.3) is 10.9 Å². The molecule has 3 N–H and O–H groups in total. The lowest BCUT2D eigenvalue weighted by Crippen LogP contribution is -2.59. The molecule has 1 aromatic carbocycles. The molecule has 4 rings (SSSR count). The Morgan fingerprint density at radius 1 is 1.07 bits per heavy atom. The fourth-order valence-electron chi connectivity index (χ4n) is 8.67. The van der Waals surface area contributed by atoms with Crippen LogP contribution in [0.2, 0.25) is 0 Å². The largest absolute Gasteiger partial charge is 0.462 e. The molecule has 1 fully saturated rings. The van der Waals surface area contributed by atoms with Crippen molar-refractivity contribution < 1.29 is 48.6 Å². The average molecular weight is 757 g/mol. The second-order valence-corrected chi connectivity index (χ2v) is 16.3. The number of aliphatic hydroxyl groups is 3. The lowest BCUT2D eigenvalue weighted by molar-refractivity contribution is -0.301. The van der Waals surface area contributed by atoms with E-state index < -0.39 is 71.6 Å². The lowest BCUT2D eigenvalue weighted by atomic mass is 9.74. The molecule has 2 aromatic rings. The molecule has 0 aliphatic carbocycles. The van der Waals surface area contributed by atoms with Gasteiger partial charge in [0.05, 0.1) is 47.5 Å². The van der Waals surface area contributed by atoms with E-state index in [1.165, 1.54) is 0 Å². The molecule has 0 radical (unpaired) electrons. The van der Waals surface area contributed by atoms with Crippen LogP contribution in [0.5, 0.6) is 0 Å². The van der Waals surface area contributed by atoms with Gasteiger partial charge in [0, 0.05) is 36.6 Å². The molecule has 0 amide bonds. The number of carbonyl (C=O) groups excluding carboxylic acids is 2. The molecule has 1 saturated heterocycles. The summed E-state index contributed by atoms with van der Waals surface area (Å²) in [6, 6.07) is 8.76. The van der Waals surface area contributed by atoms with Crippen LogP contribution in [0.15, 0.2) is 48.2 Å². The number of rotatable bonds is 9. The lowest BCUT2D eigenvalue weighted by Gasteiger charge is -2.48. The van der Waals surface area contributed by atoms with Crippen molar-refractivity contribution in [3.05, 3.63) is 53.7 Å². The zero-order valence-corrected chi connectivity index (χ0v) is 34.0. The highest BCUT2D eigenvalue weighted by molar-refractivity contribution is 6.03. The summed E-state index contributed by atoms with van der Waals surface area (Å²) in [4.78, 5) is 33.4. The Morgan fingerprint density at radius 3 is 2.41 bits per heavy atom. The number of esters is 2. The van der Waals surface area contributed by atoms with E-state index in [-0.39, 0.29) is 31.1 Å². The maximum Gasteiger partial charge on any atom is 0.338 e. The average Bonchev–Trinajstić information content (AvgIpc) is 3.13. The number of likely N-dealkylation sites (N-methyl/N-ethyl adjacent to an activating group) is 1. The number of benzene rings is 1. The number of ether oxygens (including phenoxy) is 5. The van der Waals surface area contributed by atoms with Gasteiger partial charge in [0.25, 0.3) is 0 Å². The van der Waals surface area contributed by atoms with E-state index in [2.05, 4.69) is 11.1 Å². The third kappa shape index (κ3) is 9.69. The van der Waals surface area contributed by atoms with Crippen LogP contribution in [0.3, 0.4) is 0 Å². The minimum atomic E-state index is -1.56. The van der Waals surface area contributed by atoms with Crippen molar-refractivity contribution in [2.75, 3.05) is 27.8 Å². The van der Waals surface area contributed by atoms with E-state index >= 15 is 0 Å². The second kappa shape index (κ2) is 18.3.